The average Bonchev–Trinajstić information content (AvgIpc) is 3.39. The molecule has 0 aliphatic rings. The molecule has 2 aromatic heterocycles. The van der Waals surface area contributed by atoms with Crippen LogP contribution in [0.1, 0.15) is 38.2 Å². The highest BCUT2D eigenvalue weighted by Crippen LogP contribution is 2.29. The molecule has 0 unspecified atom stereocenters. The zero-order chi connectivity index (χ0) is 24.8. The van der Waals surface area contributed by atoms with Crippen LogP contribution < -0.4 is 15.4 Å². The smallest absolute Gasteiger partial charge is 0.263 e. The lowest BCUT2D eigenvalue weighted by atomic mass is 10.1. The first-order valence-corrected chi connectivity index (χ1v) is 12.0. The van der Waals surface area contributed by atoms with Gasteiger partial charge in [-0.1, -0.05) is 30.3 Å². The minimum Gasteiger partial charge on any atom is -0.493 e. The first-order chi connectivity index (χ1) is 16.9. The van der Waals surface area contributed by atoms with E-state index in [9.17, 15) is 9.59 Å². The van der Waals surface area contributed by atoms with Gasteiger partial charge in [-0.05, 0) is 45.0 Å². The number of carbonyl (C=O) groups is 2. The summed E-state index contributed by atoms with van der Waals surface area (Å²) in [5, 5.41) is 6.64. The number of para-hydroxylation sites is 2. The monoisotopic (exact) mass is 490 g/mol. The lowest BCUT2D eigenvalue weighted by molar-refractivity contribution is -0.116. The zero-order valence-corrected chi connectivity index (χ0v) is 20.6. The Bertz CT molecular complexity index is 1330. The van der Waals surface area contributed by atoms with E-state index in [0.29, 0.717) is 39.2 Å². The second kappa shape index (κ2) is 11.0. The Kier molecular flexibility index (Phi) is 7.57. The Morgan fingerprint density at radius 1 is 1.00 bits per heavy atom. The van der Waals surface area contributed by atoms with Crippen LogP contribution in [0.15, 0.2) is 59.0 Å². The van der Waals surface area contributed by atoms with Gasteiger partial charge >= 0.3 is 0 Å². The van der Waals surface area contributed by atoms with E-state index in [4.69, 9.17) is 9.15 Å². The number of aryl methyl sites for hydroxylation is 3. The molecule has 4 aromatic rings. The molecule has 0 saturated heterocycles. The quantitative estimate of drug-likeness (QED) is 0.340. The van der Waals surface area contributed by atoms with Crippen LogP contribution in [-0.4, -0.2) is 28.4 Å². The fourth-order valence-electron chi connectivity index (χ4n) is 3.46. The SMILES string of the molecule is Cc1nc(C)c(C(=O)NCc2nc(-c3ccccc3NC(=O)CCOc3ccccc3)oc2C)s1. The highest BCUT2D eigenvalue weighted by atomic mass is 32.1. The molecule has 35 heavy (non-hydrogen) atoms. The molecule has 0 bridgehead atoms. The van der Waals surface area contributed by atoms with E-state index in [2.05, 4.69) is 20.6 Å². The number of anilines is 1. The van der Waals surface area contributed by atoms with Crippen LogP contribution in [0, 0.1) is 20.8 Å². The number of oxazole rings is 1. The molecular formula is C26H26N4O4S. The zero-order valence-electron chi connectivity index (χ0n) is 19.8. The van der Waals surface area contributed by atoms with Crippen molar-refractivity contribution in [2.24, 2.45) is 0 Å². The van der Waals surface area contributed by atoms with Gasteiger partial charge in [0.05, 0.1) is 41.5 Å². The van der Waals surface area contributed by atoms with Gasteiger partial charge in [0.25, 0.3) is 5.91 Å². The van der Waals surface area contributed by atoms with Gasteiger partial charge in [0.1, 0.15) is 22.1 Å². The van der Waals surface area contributed by atoms with Gasteiger partial charge in [0.2, 0.25) is 11.8 Å². The molecule has 2 heterocycles. The van der Waals surface area contributed by atoms with Gasteiger partial charge in [-0.15, -0.1) is 11.3 Å². The molecule has 8 nitrogen and oxygen atoms in total. The maximum atomic E-state index is 12.5. The fraction of sp³-hybridized carbons (Fsp3) is 0.231. The van der Waals surface area contributed by atoms with Crippen molar-refractivity contribution in [3.8, 4) is 17.2 Å². The summed E-state index contributed by atoms with van der Waals surface area (Å²) in [4.78, 5) is 34.5. The number of nitrogens with zero attached hydrogens (tertiary/aromatic N) is 2. The minimum atomic E-state index is -0.192. The summed E-state index contributed by atoms with van der Waals surface area (Å²) in [6.45, 7) is 5.96. The largest absolute Gasteiger partial charge is 0.493 e. The van der Waals surface area contributed by atoms with Gasteiger partial charge in [0.15, 0.2) is 0 Å². The molecule has 2 N–H and O–H groups in total. The molecule has 0 spiro atoms. The molecule has 0 radical (unpaired) electrons. The maximum Gasteiger partial charge on any atom is 0.263 e. The Balaban J connectivity index is 1.39. The van der Waals surface area contributed by atoms with E-state index in [-0.39, 0.29) is 31.4 Å². The van der Waals surface area contributed by atoms with Crippen molar-refractivity contribution in [2.45, 2.75) is 33.7 Å². The standard InChI is InChI=1S/C26H26N4O4S/c1-16-24(35-18(3)28-16)25(32)27-15-22-17(2)34-26(30-22)20-11-7-8-12-21(20)29-23(31)13-14-33-19-9-5-4-6-10-19/h4-12H,13-15H2,1-3H3,(H,27,32)(H,29,31). The lowest BCUT2D eigenvalue weighted by Crippen LogP contribution is -2.23. The first kappa shape index (κ1) is 24.2. The van der Waals surface area contributed by atoms with Crippen LogP contribution in [0.25, 0.3) is 11.5 Å². The van der Waals surface area contributed by atoms with E-state index < -0.39 is 0 Å². The molecule has 0 fully saturated rings. The molecule has 180 valence electrons. The number of carbonyl (C=O) groups excluding carboxylic acids is 2. The molecule has 0 aliphatic carbocycles. The summed E-state index contributed by atoms with van der Waals surface area (Å²) in [5.74, 6) is 1.31. The number of thiazole rings is 1. The Morgan fingerprint density at radius 3 is 2.49 bits per heavy atom. The predicted octanol–water partition coefficient (Wildman–Crippen LogP) is 5.06. The van der Waals surface area contributed by atoms with Gasteiger partial charge in [-0.2, -0.15) is 0 Å². The van der Waals surface area contributed by atoms with Gasteiger partial charge in [0, 0.05) is 0 Å². The van der Waals surface area contributed by atoms with Gasteiger partial charge in [-0.25, -0.2) is 9.97 Å². The molecule has 4 rings (SSSR count). The third-order valence-corrected chi connectivity index (χ3v) is 6.26. The summed E-state index contributed by atoms with van der Waals surface area (Å²) in [6.07, 6.45) is 0.196. The summed E-state index contributed by atoms with van der Waals surface area (Å²) >= 11 is 1.36. The molecule has 2 amide bonds. The number of benzene rings is 2. The van der Waals surface area contributed by atoms with E-state index in [1.54, 1.807) is 13.0 Å². The second-order valence-electron chi connectivity index (χ2n) is 7.86. The van der Waals surface area contributed by atoms with Crippen molar-refractivity contribution in [3.63, 3.8) is 0 Å². The van der Waals surface area contributed by atoms with Crippen LogP contribution in [0.2, 0.25) is 0 Å². The maximum absolute atomic E-state index is 12.5. The molecule has 2 aromatic carbocycles. The van der Waals surface area contributed by atoms with Crippen LogP contribution in [0.3, 0.4) is 0 Å². The van der Waals surface area contributed by atoms with Crippen molar-refractivity contribution in [2.75, 3.05) is 11.9 Å². The summed E-state index contributed by atoms with van der Waals surface area (Å²) in [7, 11) is 0. The number of aromatic nitrogens is 2. The van der Waals surface area contributed by atoms with Crippen LogP contribution in [-0.2, 0) is 11.3 Å². The number of ether oxygens (including phenoxy) is 1. The Hall–Kier alpha value is -3.98. The van der Waals surface area contributed by atoms with Crippen molar-refractivity contribution in [1.29, 1.82) is 0 Å². The topological polar surface area (TPSA) is 106 Å². The van der Waals surface area contributed by atoms with Gasteiger partial charge in [-0.3, -0.25) is 9.59 Å². The number of rotatable bonds is 9. The summed E-state index contributed by atoms with van der Waals surface area (Å²) < 4.78 is 11.5. The van der Waals surface area contributed by atoms with E-state index in [0.717, 1.165) is 10.8 Å². The summed E-state index contributed by atoms with van der Waals surface area (Å²) in [5.41, 5.74) is 2.57. The number of amides is 2. The first-order valence-electron chi connectivity index (χ1n) is 11.2. The molecule has 0 aliphatic heterocycles. The number of hydrogen-bond acceptors (Lipinski definition) is 7. The van der Waals surface area contributed by atoms with E-state index in [1.807, 2.05) is 62.4 Å². The molecular weight excluding hydrogens is 464 g/mol. The van der Waals surface area contributed by atoms with Crippen LogP contribution in [0.4, 0.5) is 5.69 Å². The van der Waals surface area contributed by atoms with E-state index in [1.165, 1.54) is 11.3 Å². The van der Waals surface area contributed by atoms with Crippen molar-refractivity contribution < 1.29 is 18.7 Å². The van der Waals surface area contributed by atoms with Gasteiger partial charge < -0.3 is 19.8 Å². The lowest BCUT2D eigenvalue weighted by Gasteiger charge is -2.09. The Morgan fingerprint density at radius 2 is 1.74 bits per heavy atom. The molecule has 0 atom stereocenters. The number of hydrogen-bond donors (Lipinski definition) is 2. The fourth-order valence-corrected chi connectivity index (χ4v) is 4.30. The Labute approximate surface area is 207 Å². The number of nitrogens with one attached hydrogen (secondary N) is 2. The van der Waals surface area contributed by atoms with Crippen molar-refractivity contribution in [3.05, 3.63) is 81.6 Å². The highest BCUT2D eigenvalue weighted by Gasteiger charge is 2.18. The molecule has 0 saturated carbocycles. The third kappa shape index (κ3) is 6.13. The molecule has 9 heteroatoms. The average molecular weight is 491 g/mol. The minimum absolute atomic E-state index is 0.181. The summed E-state index contributed by atoms with van der Waals surface area (Å²) in [6, 6.07) is 16.7. The van der Waals surface area contributed by atoms with Crippen LogP contribution >= 0.6 is 11.3 Å². The van der Waals surface area contributed by atoms with E-state index >= 15 is 0 Å². The second-order valence-corrected chi connectivity index (χ2v) is 9.06. The predicted molar refractivity (Wildman–Crippen MR) is 135 cm³/mol. The highest BCUT2D eigenvalue weighted by molar-refractivity contribution is 7.13. The van der Waals surface area contributed by atoms with Crippen molar-refractivity contribution >= 4 is 28.8 Å². The third-order valence-electron chi connectivity index (χ3n) is 5.19. The normalized spacial score (nSPS) is 10.7. The van der Waals surface area contributed by atoms with Crippen molar-refractivity contribution in [1.82, 2.24) is 15.3 Å². The van der Waals surface area contributed by atoms with Crippen LogP contribution in [0.5, 0.6) is 5.75 Å².